The molecule has 0 aromatic rings. The predicted octanol–water partition coefficient (Wildman–Crippen LogP) is 3.98. The Morgan fingerprint density at radius 1 is 0.727 bits per heavy atom. The Morgan fingerprint density at radius 2 is 0.955 bits per heavy atom. The van der Waals surface area contributed by atoms with Crippen LogP contribution in [0, 0.1) is 0 Å². The Labute approximate surface area is 139 Å². The zero-order valence-corrected chi connectivity index (χ0v) is 19.2. The molecule has 0 bridgehead atoms. The predicted molar refractivity (Wildman–Crippen MR) is 102 cm³/mol. The summed E-state index contributed by atoms with van der Waals surface area (Å²) in [7, 11) is 7.30. The number of nitrogens with zero attached hydrogens (tertiary/aromatic N) is 3. The molecule has 0 radical (unpaired) electrons. The average Bonchev–Trinajstić information content (AvgIpc) is 2.23. The van der Waals surface area contributed by atoms with Gasteiger partial charge in [0.2, 0.25) is 7.00 Å². The summed E-state index contributed by atoms with van der Waals surface area (Å²) in [6.45, 7) is 8.73. The quantitative estimate of drug-likeness (QED) is 0.700. The van der Waals surface area contributed by atoms with Crippen molar-refractivity contribution in [3.05, 3.63) is 0 Å². The second-order valence-electron chi connectivity index (χ2n) is 8.25. The van der Waals surface area contributed by atoms with E-state index in [1.54, 1.807) is 0 Å². The molecule has 0 amide bonds. The molecular weight excluding hydrogens is 335 g/mol. The largest absolute Gasteiger partial charge is 0.626 e. The SMILES string of the molecule is CN(C)P(N(C)C)(N(C)C)=[P+]([O-])P(=O)(C(C)(C)C)C(C)(C)C. The third-order valence-electron chi connectivity index (χ3n) is 3.90. The van der Waals surface area contributed by atoms with E-state index in [1.165, 1.54) is 0 Å². The van der Waals surface area contributed by atoms with Gasteiger partial charge in [0.05, 0.1) is 10.3 Å². The maximum Gasteiger partial charge on any atom is 0.269 e. The molecular formula is C14H36N3O2P3. The van der Waals surface area contributed by atoms with E-state index in [1.807, 2.05) is 97.8 Å². The number of hydrogen-bond donors (Lipinski definition) is 0. The van der Waals surface area contributed by atoms with Gasteiger partial charge < -0.3 is 4.89 Å². The summed E-state index contributed by atoms with van der Waals surface area (Å²) < 4.78 is 20.3. The fourth-order valence-electron chi connectivity index (χ4n) is 3.22. The Bertz CT molecular complexity index is 454. The van der Waals surface area contributed by atoms with Crippen molar-refractivity contribution < 1.29 is 9.46 Å². The lowest BCUT2D eigenvalue weighted by molar-refractivity contribution is -0.148. The highest BCUT2D eigenvalue weighted by molar-refractivity contribution is 8.45. The molecule has 1 atom stereocenters. The minimum Gasteiger partial charge on any atom is -0.626 e. The van der Waals surface area contributed by atoms with Crippen molar-refractivity contribution in [2.45, 2.75) is 51.9 Å². The molecule has 8 heteroatoms. The van der Waals surface area contributed by atoms with Crippen LogP contribution in [0.15, 0.2) is 0 Å². The van der Waals surface area contributed by atoms with Gasteiger partial charge in [0.1, 0.15) is 7.12 Å². The summed E-state index contributed by atoms with van der Waals surface area (Å²) in [6, 6.07) is 0. The lowest BCUT2D eigenvalue weighted by Crippen LogP contribution is -2.34. The van der Waals surface area contributed by atoms with Crippen LogP contribution in [0.2, 0.25) is 0 Å². The lowest BCUT2D eigenvalue weighted by Gasteiger charge is -2.45. The Balaban J connectivity index is 7.17. The molecule has 0 heterocycles. The van der Waals surface area contributed by atoms with Crippen LogP contribution in [0.25, 0.3) is 0 Å². The monoisotopic (exact) mass is 371 g/mol. The van der Waals surface area contributed by atoms with Gasteiger partial charge in [-0.1, -0.05) is 0 Å². The van der Waals surface area contributed by atoms with Crippen LogP contribution in [0.3, 0.4) is 0 Å². The maximum atomic E-state index is 14.2. The standard InChI is InChI=1S/C14H36N3O2P3/c1-13(2,3)21(19,14(4,5)6)20(18)22(15(7)8,16(9)10)17(11)12/h1-12H3. The summed E-state index contributed by atoms with van der Waals surface area (Å²) in [4.78, 5) is 13.9. The minimum absolute atomic E-state index is 0.508. The Hall–Kier alpha value is 0.800. The molecule has 0 aliphatic carbocycles. The first-order valence-corrected chi connectivity index (χ1v) is 13.5. The summed E-state index contributed by atoms with van der Waals surface area (Å²) in [5, 5.41) is -1.02. The Morgan fingerprint density at radius 3 is 1.09 bits per heavy atom. The molecule has 0 rings (SSSR count). The van der Waals surface area contributed by atoms with Gasteiger partial charge >= 0.3 is 0 Å². The third-order valence-corrected chi connectivity index (χ3v) is 25.8. The van der Waals surface area contributed by atoms with E-state index in [0.29, 0.717) is 0 Å². The van der Waals surface area contributed by atoms with E-state index in [0.717, 1.165) is 0 Å². The van der Waals surface area contributed by atoms with Gasteiger partial charge in [-0.05, 0) is 83.8 Å². The van der Waals surface area contributed by atoms with Crippen molar-refractivity contribution in [3.63, 3.8) is 0 Å². The van der Waals surface area contributed by atoms with Crippen LogP contribution < -0.4 is 4.89 Å². The first-order valence-electron chi connectivity index (χ1n) is 7.50. The lowest BCUT2D eigenvalue weighted by atomic mass is 10.2. The van der Waals surface area contributed by atoms with Gasteiger partial charge in [0.25, 0.3) is 6.83 Å². The fourth-order valence-corrected chi connectivity index (χ4v) is 28.7. The Kier molecular flexibility index (Phi) is 7.22. The molecule has 1 unspecified atom stereocenters. The first-order chi connectivity index (χ1) is 9.48. The molecule has 0 aliphatic rings. The molecule has 0 spiro atoms. The van der Waals surface area contributed by atoms with Crippen LogP contribution >= 0.6 is 21.0 Å². The highest BCUT2D eigenvalue weighted by atomic mass is 32.3. The van der Waals surface area contributed by atoms with Crippen molar-refractivity contribution in [3.8, 4) is 0 Å². The number of rotatable bonds is 4. The third kappa shape index (κ3) is 3.42. The van der Waals surface area contributed by atoms with E-state index in [4.69, 9.17) is 0 Å². The van der Waals surface area contributed by atoms with E-state index >= 15 is 0 Å². The van der Waals surface area contributed by atoms with Gasteiger partial charge in [-0.25, -0.2) is 14.0 Å². The average molecular weight is 371 g/mol. The van der Waals surface area contributed by atoms with Crippen LogP contribution in [0.5, 0.6) is 0 Å². The zero-order chi connectivity index (χ0) is 18.3. The topological polar surface area (TPSA) is 49.9 Å². The zero-order valence-electron chi connectivity index (χ0n) is 16.5. The molecule has 0 saturated heterocycles. The van der Waals surface area contributed by atoms with E-state index < -0.39 is 31.3 Å². The smallest absolute Gasteiger partial charge is 0.269 e. The van der Waals surface area contributed by atoms with Crippen LogP contribution in [-0.2, 0) is 4.57 Å². The van der Waals surface area contributed by atoms with Crippen LogP contribution in [0.4, 0.5) is 0 Å². The molecule has 0 fully saturated rings. The second kappa shape index (κ2) is 6.96. The van der Waals surface area contributed by atoms with E-state index in [2.05, 4.69) is 0 Å². The summed E-state index contributed by atoms with van der Waals surface area (Å²) in [6.07, 6.45) is 0. The van der Waals surface area contributed by atoms with Gasteiger partial charge in [-0.15, -0.1) is 0 Å². The van der Waals surface area contributed by atoms with Crippen molar-refractivity contribution in [2.24, 2.45) is 0 Å². The molecule has 0 saturated carbocycles. The summed E-state index contributed by atoms with van der Waals surface area (Å²) in [5.74, 6) is 0. The summed E-state index contributed by atoms with van der Waals surface area (Å²) >= 11 is 0. The highest BCUT2D eigenvalue weighted by Crippen LogP contribution is 2.89. The van der Waals surface area contributed by atoms with Crippen molar-refractivity contribution in [2.75, 3.05) is 42.3 Å². The molecule has 22 heavy (non-hydrogen) atoms. The van der Waals surface area contributed by atoms with Gasteiger partial charge in [0, 0.05) is 0 Å². The molecule has 5 nitrogen and oxygen atoms in total. The number of hydrogen-bond acceptors (Lipinski definition) is 2. The van der Waals surface area contributed by atoms with Crippen molar-refractivity contribution in [1.29, 1.82) is 0 Å². The van der Waals surface area contributed by atoms with E-state index in [-0.39, 0.29) is 0 Å². The van der Waals surface area contributed by atoms with Gasteiger partial charge in [-0.3, -0.25) is 4.57 Å². The van der Waals surface area contributed by atoms with Crippen molar-refractivity contribution >= 4 is 21.0 Å². The highest BCUT2D eigenvalue weighted by Gasteiger charge is 2.58. The molecule has 0 aromatic heterocycles. The van der Waals surface area contributed by atoms with E-state index in [9.17, 15) is 9.46 Å². The van der Waals surface area contributed by atoms with Gasteiger partial charge in [0.15, 0.2) is 0 Å². The maximum absolute atomic E-state index is 14.2. The van der Waals surface area contributed by atoms with Crippen molar-refractivity contribution in [1.82, 2.24) is 14.0 Å². The minimum atomic E-state index is -3.03. The molecule has 0 aromatic carbocycles. The normalized spacial score (nSPS) is 15.9. The second-order valence-corrected chi connectivity index (χ2v) is 22.5. The van der Waals surface area contributed by atoms with Crippen LogP contribution in [0.1, 0.15) is 41.5 Å². The first kappa shape index (κ1) is 22.8. The molecule has 0 N–H and O–H groups in total. The van der Waals surface area contributed by atoms with Crippen LogP contribution in [-0.4, -0.2) is 66.6 Å². The summed E-state index contributed by atoms with van der Waals surface area (Å²) in [5.41, 5.74) is 0. The van der Waals surface area contributed by atoms with Gasteiger partial charge in [-0.2, -0.15) is 0 Å². The molecule has 0 aliphatic heterocycles. The molecule has 134 valence electrons. The fraction of sp³-hybridized carbons (Fsp3) is 1.00.